The molecule has 0 unspecified atom stereocenters. The summed E-state index contributed by atoms with van der Waals surface area (Å²) < 4.78 is 10.7. The highest BCUT2D eigenvalue weighted by molar-refractivity contribution is 5.77. The number of hydrogen-bond acceptors (Lipinski definition) is 4. The molecule has 0 radical (unpaired) electrons. The van der Waals surface area contributed by atoms with Crippen LogP contribution in [0, 0.1) is 6.92 Å². The monoisotopic (exact) mass is 266 g/mol. The molecule has 5 heteroatoms. The molecule has 1 rings (SSSR count). The molecule has 1 aromatic carbocycles. The smallest absolute Gasteiger partial charge is 0.257 e. The van der Waals surface area contributed by atoms with Crippen LogP contribution < -0.4 is 14.8 Å². The zero-order valence-electron chi connectivity index (χ0n) is 12.0. The third-order valence-electron chi connectivity index (χ3n) is 2.56. The van der Waals surface area contributed by atoms with Crippen LogP contribution in [0.4, 0.5) is 0 Å². The van der Waals surface area contributed by atoms with Crippen LogP contribution in [0.3, 0.4) is 0 Å². The normalized spacial score (nSPS) is 10.4. The summed E-state index contributed by atoms with van der Waals surface area (Å²) in [6.45, 7) is 3.38. The quantitative estimate of drug-likeness (QED) is 0.802. The van der Waals surface area contributed by atoms with Gasteiger partial charge in [0.25, 0.3) is 5.91 Å². The van der Waals surface area contributed by atoms with Crippen molar-refractivity contribution in [2.24, 2.45) is 0 Å². The van der Waals surface area contributed by atoms with Gasteiger partial charge in [0.2, 0.25) is 0 Å². The van der Waals surface area contributed by atoms with E-state index in [1.807, 2.05) is 38.1 Å². The van der Waals surface area contributed by atoms with Crippen molar-refractivity contribution in [2.45, 2.75) is 6.92 Å². The molecule has 0 bridgehead atoms. The first kappa shape index (κ1) is 15.3. The van der Waals surface area contributed by atoms with Gasteiger partial charge in [0, 0.05) is 13.1 Å². The first-order valence-electron chi connectivity index (χ1n) is 6.22. The average molecular weight is 266 g/mol. The van der Waals surface area contributed by atoms with Crippen molar-refractivity contribution in [1.82, 2.24) is 10.2 Å². The van der Waals surface area contributed by atoms with Crippen LogP contribution in [0.15, 0.2) is 18.2 Å². The van der Waals surface area contributed by atoms with Gasteiger partial charge in [-0.1, -0.05) is 6.07 Å². The maximum absolute atomic E-state index is 11.6. The van der Waals surface area contributed by atoms with E-state index in [9.17, 15) is 4.79 Å². The van der Waals surface area contributed by atoms with Crippen molar-refractivity contribution in [1.29, 1.82) is 0 Å². The molecule has 0 aliphatic carbocycles. The minimum atomic E-state index is -0.135. The van der Waals surface area contributed by atoms with E-state index in [4.69, 9.17) is 9.47 Å². The van der Waals surface area contributed by atoms with Crippen LogP contribution in [0.1, 0.15) is 5.56 Å². The maximum Gasteiger partial charge on any atom is 0.257 e. The number of nitrogens with zero attached hydrogens (tertiary/aromatic N) is 1. The zero-order chi connectivity index (χ0) is 14.3. The van der Waals surface area contributed by atoms with Crippen LogP contribution in [0.5, 0.6) is 11.5 Å². The van der Waals surface area contributed by atoms with Gasteiger partial charge in [-0.25, -0.2) is 0 Å². The van der Waals surface area contributed by atoms with Crippen molar-refractivity contribution < 1.29 is 14.3 Å². The second-order valence-electron chi connectivity index (χ2n) is 4.60. The van der Waals surface area contributed by atoms with Crippen LogP contribution >= 0.6 is 0 Å². The first-order valence-corrected chi connectivity index (χ1v) is 6.22. The molecule has 0 heterocycles. The molecule has 0 aliphatic heterocycles. The summed E-state index contributed by atoms with van der Waals surface area (Å²) in [6, 6.07) is 5.60. The standard InChI is InChI=1S/C14H22N2O3/c1-11-5-6-12(13(9-11)18-4)19-10-14(17)15-7-8-16(2)3/h5-6,9H,7-8,10H2,1-4H3,(H,15,17). The molecule has 1 aromatic rings. The van der Waals surface area contributed by atoms with Gasteiger partial charge in [-0.15, -0.1) is 0 Å². The van der Waals surface area contributed by atoms with Gasteiger partial charge >= 0.3 is 0 Å². The summed E-state index contributed by atoms with van der Waals surface area (Å²) in [5.74, 6) is 1.08. The van der Waals surface area contributed by atoms with E-state index in [0.29, 0.717) is 18.0 Å². The molecule has 0 aromatic heterocycles. The summed E-state index contributed by atoms with van der Waals surface area (Å²) >= 11 is 0. The summed E-state index contributed by atoms with van der Waals surface area (Å²) in [7, 11) is 5.50. The molecule has 0 spiro atoms. The number of methoxy groups -OCH3 is 1. The van der Waals surface area contributed by atoms with Crippen molar-refractivity contribution >= 4 is 5.91 Å². The Morgan fingerprint density at radius 1 is 1.32 bits per heavy atom. The molecule has 0 saturated heterocycles. The number of nitrogens with one attached hydrogen (secondary N) is 1. The number of ether oxygens (including phenoxy) is 2. The summed E-state index contributed by atoms with van der Waals surface area (Å²) in [6.07, 6.45) is 0. The fourth-order valence-electron chi connectivity index (χ4n) is 1.51. The number of amides is 1. The van der Waals surface area contributed by atoms with E-state index in [0.717, 1.165) is 12.1 Å². The van der Waals surface area contributed by atoms with Crippen LogP contribution in [0.2, 0.25) is 0 Å². The number of benzene rings is 1. The van der Waals surface area contributed by atoms with Crippen LogP contribution in [0.25, 0.3) is 0 Å². The Hall–Kier alpha value is -1.75. The predicted octanol–water partition coefficient (Wildman–Crippen LogP) is 1.06. The van der Waals surface area contributed by atoms with Gasteiger partial charge in [0.05, 0.1) is 7.11 Å². The minimum absolute atomic E-state index is 0.00709. The molecule has 106 valence electrons. The van der Waals surface area contributed by atoms with Gasteiger partial charge in [-0.3, -0.25) is 4.79 Å². The van der Waals surface area contributed by atoms with E-state index >= 15 is 0 Å². The van der Waals surface area contributed by atoms with Crippen molar-refractivity contribution in [3.05, 3.63) is 23.8 Å². The fourth-order valence-corrected chi connectivity index (χ4v) is 1.51. The Morgan fingerprint density at radius 2 is 2.05 bits per heavy atom. The number of carbonyl (C=O) groups excluding carboxylic acids is 1. The number of hydrogen-bond donors (Lipinski definition) is 1. The van der Waals surface area contributed by atoms with Gasteiger partial charge in [0.1, 0.15) is 0 Å². The van der Waals surface area contributed by atoms with Gasteiger partial charge < -0.3 is 19.7 Å². The molecule has 1 amide bonds. The third kappa shape index (κ3) is 5.61. The maximum atomic E-state index is 11.6. The highest BCUT2D eigenvalue weighted by Gasteiger charge is 2.07. The Morgan fingerprint density at radius 3 is 2.68 bits per heavy atom. The number of aryl methyl sites for hydroxylation is 1. The molecule has 1 N–H and O–H groups in total. The third-order valence-corrected chi connectivity index (χ3v) is 2.56. The average Bonchev–Trinajstić information content (AvgIpc) is 2.36. The Bertz CT molecular complexity index is 419. The van der Waals surface area contributed by atoms with Crippen molar-refractivity contribution in [2.75, 3.05) is 40.9 Å². The molecule has 0 atom stereocenters. The Kier molecular flexibility index (Phi) is 6.15. The zero-order valence-corrected chi connectivity index (χ0v) is 12.0. The molecule has 0 fully saturated rings. The summed E-state index contributed by atoms with van der Waals surface area (Å²) in [5, 5.41) is 2.79. The molecule has 0 aliphatic rings. The van der Waals surface area contributed by atoms with Gasteiger partial charge in [-0.05, 0) is 38.7 Å². The molecule has 0 saturated carbocycles. The van der Waals surface area contributed by atoms with E-state index in [1.165, 1.54) is 0 Å². The fraction of sp³-hybridized carbons (Fsp3) is 0.500. The lowest BCUT2D eigenvalue weighted by Crippen LogP contribution is -2.34. The summed E-state index contributed by atoms with van der Waals surface area (Å²) in [4.78, 5) is 13.6. The first-order chi connectivity index (χ1) is 9.02. The van der Waals surface area contributed by atoms with Crippen LogP contribution in [-0.2, 0) is 4.79 Å². The molecule has 5 nitrogen and oxygen atoms in total. The Labute approximate surface area is 114 Å². The van der Waals surface area contributed by atoms with Crippen LogP contribution in [-0.4, -0.2) is 51.7 Å². The topological polar surface area (TPSA) is 50.8 Å². The predicted molar refractivity (Wildman–Crippen MR) is 74.8 cm³/mol. The second-order valence-corrected chi connectivity index (χ2v) is 4.60. The number of rotatable bonds is 7. The SMILES string of the molecule is COc1cc(C)ccc1OCC(=O)NCCN(C)C. The lowest BCUT2D eigenvalue weighted by atomic mass is 10.2. The number of carbonyl (C=O) groups is 1. The van der Waals surface area contributed by atoms with Crippen molar-refractivity contribution in [3.8, 4) is 11.5 Å². The number of likely N-dealkylation sites (N-methyl/N-ethyl adjacent to an activating group) is 1. The van der Waals surface area contributed by atoms with Crippen molar-refractivity contribution in [3.63, 3.8) is 0 Å². The van der Waals surface area contributed by atoms with E-state index in [-0.39, 0.29) is 12.5 Å². The molecule has 19 heavy (non-hydrogen) atoms. The van der Waals surface area contributed by atoms with Gasteiger partial charge in [0.15, 0.2) is 18.1 Å². The highest BCUT2D eigenvalue weighted by Crippen LogP contribution is 2.27. The summed E-state index contributed by atoms with van der Waals surface area (Å²) in [5.41, 5.74) is 1.08. The largest absolute Gasteiger partial charge is 0.493 e. The molecular weight excluding hydrogens is 244 g/mol. The molecular formula is C14H22N2O3. The van der Waals surface area contributed by atoms with E-state index < -0.39 is 0 Å². The highest BCUT2D eigenvalue weighted by atomic mass is 16.5. The lowest BCUT2D eigenvalue weighted by Gasteiger charge is -2.12. The van der Waals surface area contributed by atoms with E-state index in [2.05, 4.69) is 5.32 Å². The minimum Gasteiger partial charge on any atom is -0.493 e. The van der Waals surface area contributed by atoms with Gasteiger partial charge in [-0.2, -0.15) is 0 Å². The lowest BCUT2D eigenvalue weighted by molar-refractivity contribution is -0.123. The second kappa shape index (κ2) is 7.63. The Balaban J connectivity index is 2.41. The van der Waals surface area contributed by atoms with E-state index in [1.54, 1.807) is 13.2 Å².